The molecule has 0 radical (unpaired) electrons. The molecular weight excluding hydrogens is 320 g/mol. The van der Waals surface area contributed by atoms with Crippen LogP contribution in [0.2, 0.25) is 0 Å². The molecule has 25 heavy (non-hydrogen) atoms. The van der Waals surface area contributed by atoms with Crippen LogP contribution in [0.4, 0.5) is 0 Å². The van der Waals surface area contributed by atoms with Gasteiger partial charge in [0.05, 0.1) is 14.2 Å². The number of aromatic hydroxyl groups is 2. The van der Waals surface area contributed by atoms with Gasteiger partial charge in [0.1, 0.15) is 6.29 Å². The Morgan fingerprint density at radius 2 is 1.52 bits per heavy atom. The van der Waals surface area contributed by atoms with Crippen LogP contribution in [0, 0.1) is 0 Å². The third kappa shape index (κ3) is 4.88. The van der Waals surface area contributed by atoms with E-state index in [4.69, 9.17) is 9.47 Å². The van der Waals surface area contributed by atoms with Gasteiger partial charge < -0.3 is 19.7 Å². The number of methoxy groups -OCH3 is 2. The largest absolute Gasteiger partial charge is 0.504 e. The fraction of sp³-hybridized carbons (Fsp3) is 0.150. The van der Waals surface area contributed by atoms with Gasteiger partial charge >= 0.3 is 0 Å². The van der Waals surface area contributed by atoms with Gasteiger partial charge in [0.2, 0.25) is 0 Å². The van der Waals surface area contributed by atoms with E-state index in [0.717, 1.165) is 17.4 Å². The maximum Gasteiger partial charge on any atom is 0.161 e. The Morgan fingerprint density at radius 3 is 2.08 bits per heavy atom. The third-order valence-electron chi connectivity index (χ3n) is 3.57. The molecule has 5 nitrogen and oxygen atoms in total. The van der Waals surface area contributed by atoms with E-state index in [2.05, 4.69) is 0 Å². The smallest absolute Gasteiger partial charge is 0.161 e. The van der Waals surface area contributed by atoms with Gasteiger partial charge in [0, 0.05) is 0 Å². The summed E-state index contributed by atoms with van der Waals surface area (Å²) in [5.41, 5.74) is 2.19. The second-order valence-electron chi connectivity index (χ2n) is 5.31. The van der Waals surface area contributed by atoms with E-state index in [1.165, 1.54) is 20.3 Å². The van der Waals surface area contributed by atoms with Gasteiger partial charge in [-0.05, 0) is 53.5 Å². The molecule has 2 aromatic rings. The van der Waals surface area contributed by atoms with Gasteiger partial charge in [-0.3, -0.25) is 4.79 Å². The molecule has 0 unspecified atom stereocenters. The lowest BCUT2D eigenvalue weighted by Crippen LogP contribution is -1.87. The van der Waals surface area contributed by atoms with Crippen molar-refractivity contribution in [3.63, 3.8) is 0 Å². The van der Waals surface area contributed by atoms with Gasteiger partial charge in [-0.2, -0.15) is 0 Å². The van der Waals surface area contributed by atoms with Crippen molar-refractivity contribution in [1.29, 1.82) is 0 Å². The maximum absolute atomic E-state index is 11.3. The summed E-state index contributed by atoms with van der Waals surface area (Å²) in [6.07, 6.45) is 6.66. The van der Waals surface area contributed by atoms with Gasteiger partial charge in [-0.15, -0.1) is 0 Å². The first kappa shape index (κ1) is 18.1. The van der Waals surface area contributed by atoms with Crippen LogP contribution in [-0.4, -0.2) is 30.7 Å². The normalized spacial score (nSPS) is 11.5. The molecule has 0 saturated carbocycles. The summed E-state index contributed by atoms with van der Waals surface area (Å²) in [6, 6.07) is 9.90. The van der Waals surface area contributed by atoms with Crippen LogP contribution in [0.15, 0.2) is 48.0 Å². The monoisotopic (exact) mass is 340 g/mol. The lowest BCUT2D eigenvalue weighted by Gasteiger charge is -2.05. The molecule has 0 aliphatic carbocycles. The quantitative estimate of drug-likeness (QED) is 0.592. The second kappa shape index (κ2) is 8.59. The second-order valence-corrected chi connectivity index (χ2v) is 5.31. The SMILES string of the molecule is COc1cc(/C=C/C/C(C=O)=C\c2ccc(O)c(OC)c2)ccc1O. The number of hydrogen-bond donors (Lipinski definition) is 2. The van der Waals surface area contributed by atoms with Crippen molar-refractivity contribution in [3.8, 4) is 23.0 Å². The summed E-state index contributed by atoms with van der Waals surface area (Å²) in [5, 5.41) is 19.2. The summed E-state index contributed by atoms with van der Waals surface area (Å²) in [7, 11) is 2.96. The Labute approximate surface area is 146 Å². The lowest BCUT2D eigenvalue weighted by molar-refractivity contribution is -0.104. The molecule has 0 heterocycles. The van der Waals surface area contributed by atoms with E-state index in [9.17, 15) is 15.0 Å². The molecule has 0 saturated heterocycles. The standard InChI is InChI=1S/C20H20O5/c1-24-19-11-14(6-8-17(19)22)4-3-5-16(13-21)10-15-7-9-18(23)20(12-15)25-2/h3-4,6-13,22-23H,5H2,1-2H3/b4-3+,16-10+. The third-order valence-corrected chi connectivity index (χ3v) is 3.57. The highest BCUT2D eigenvalue weighted by atomic mass is 16.5. The number of allylic oxidation sites excluding steroid dienone is 2. The number of ether oxygens (including phenoxy) is 2. The van der Waals surface area contributed by atoms with Crippen molar-refractivity contribution in [2.45, 2.75) is 6.42 Å². The van der Waals surface area contributed by atoms with Crippen LogP contribution in [0.5, 0.6) is 23.0 Å². The summed E-state index contributed by atoms with van der Waals surface area (Å²) >= 11 is 0. The fourth-order valence-corrected chi connectivity index (χ4v) is 2.27. The molecule has 0 fully saturated rings. The summed E-state index contributed by atoms with van der Waals surface area (Å²) in [6.45, 7) is 0. The van der Waals surface area contributed by atoms with Crippen molar-refractivity contribution >= 4 is 18.4 Å². The zero-order chi connectivity index (χ0) is 18.2. The van der Waals surface area contributed by atoms with E-state index in [1.807, 2.05) is 12.2 Å². The zero-order valence-corrected chi connectivity index (χ0v) is 14.1. The first-order valence-electron chi connectivity index (χ1n) is 7.63. The number of phenols is 2. The highest BCUT2D eigenvalue weighted by Crippen LogP contribution is 2.28. The van der Waals surface area contributed by atoms with Crippen LogP contribution in [0.25, 0.3) is 12.2 Å². The van der Waals surface area contributed by atoms with Crippen LogP contribution in [0.3, 0.4) is 0 Å². The minimum atomic E-state index is 0.0495. The molecule has 0 aliphatic rings. The molecule has 2 N–H and O–H groups in total. The average molecular weight is 340 g/mol. The summed E-state index contributed by atoms with van der Waals surface area (Å²) in [5.74, 6) is 0.873. The molecular formula is C20H20O5. The number of phenolic OH excluding ortho intramolecular Hbond substituents is 2. The predicted octanol–water partition coefficient (Wildman–Crippen LogP) is 3.80. The highest BCUT2D eigenvalue weighted by molar-refractivity contribution is 5.82. The number of benzene rings is 2. The Kier molecular flexibility index (Phi) is 6.23. The summed E-state index contributed by atoms with van der Waals surface area (Å²) < 4.78 is 10.1. The zero-order valence-electron chi connectivity index (χ0n) is 14.1. The molecule has 0 aliphatic heterocycles. The van der Waals surface area contributed by atoms with Crippen LogP contribution in [-0.2, 0) is 4.79 Å². The van der Waals surface area contributed by atoms with Crippen molar-refractivity contribution in [1.82, 2.24) is 0 Å². The molecule has 0 amide bonds. The van der Waals surface area contributed by atoms with Gasteiger partial charge in [-0.1, -0.05) is 24.3 Å². The highest BCUT2D eigenvalue weighted by Gasteiger charge is 2.03. The maximum atomic E-state index is 11.3. The molecule has 0 spiro atoms. The van der Waals surface area contributed by atoms with Crippen molar-refractivity contribution in [2.24, 2.45) is 0 Å². The van der Waals surface area contributed by atoms with E-state index >= 15 is 0 Å². The van der Waals surface area contributed by atoms with Crippen molar-refractivity contribution in [3.05, 3.63) is 59.2 Å². The molecule has 0 aromatic heterocycles. The molecule has 2 rings (SSSR count). The van der Waals surface area contributed by atoms with E-state index in [-0.39, 0.29) is 11.5 Å². The Balaban J connectivity index is 2.13. The Morgan fingerprint density at radius 1 is 0.960 bits per heavy atom. The van der Waals surface area contributed by atoms with E-state index in [1.54, 1.807) is 36.4 Å². The van der Waals surface area contributed by atoms with Crippen LogP contribution < -0.4 is 9.47 Å². The number of hydrogen-bond acceptors (Lipinski definition) is 5. The minimum absolute atomic E-state index is 0.0495. The number of aldehydes is 1. The Hall–Kier alpha value is -3.21. The number of carbonyl (C=O) groups excluding carboxylic acids is 1. The van der Waals surface area contributed by atoms with E-state index < -0.39 is 0 Å². The van der Waals surface area contributed by atoms with Gasteiger partial charge in [0.25, 0.3) is 0 Å². The van der Waals surface area contributed by atoms with Crippen LogP contribution >= 0.6 is 0 Å². The van der Waals surface area contributed by atoms with Gasteiger partial charge in [-0.25, -0.2) is 0 Å². The average Bonchev–Trinajstić information content (AvgIpc) is 2.63. The number of carbonyl (C=O) groups is 1. The first-order chi connectivity index (χ1) is 12.1. The van der Waals surface area contributed by atoms with E-state index in [0.29, 0.717) is 23.5 Å². The molecule has 5 heteroatoms. The first-order valence-corrected chi connectivity index (χ1v) is 7.63. The topological polar surface area (TPSA) is 76.0 Å². The minimum Gasteiger partial charge on any atom is -0.504 e. The predicted molar refractivity (Wildman–Crippen MR) is 97.0 cm³/mol. The van der Waals surface area contributed by atoms with Crippen LogP contribution in [0.1, 0.15) is 17.5 Å². The molecule has 130 valence electrons. The fourth-order valence-electron chi connectivity index (χ4n) is 2.27. The summed E-state index contributed by atoms with van der Waals surface area (Å²) in [4.78, 5) is 11.3. The number of rotatable bonds is 7. The Bertz CT molecular complexity index is 806. The lowest BCUT2D eigenvalue weighted by atomic mass is 10.1. The van der Waals surface area contributed by atoms with Gasteiger partial charge in [0.15, 0.2) is 23.0 Å². The molecule has 2 aromatic carbocycles. The van der Waals surface area contributed by atoms with Crippen molar-refractivity contribution < 1.29 is 24.5 Å². The molecule has 0 atom stereocenters. The van der Waals surface area contributed by atoms with Crippen molar-refractivity contribution in [2.75, 3.05) is 14.2 Å². The molecule has 0 bridgehead atoms.